The van der Waals surface area contributed by atoms with Gasteiger partial charge in [-0.1, -0.05) is 13.0 Å². The molecule has 0 radical (unpaired) electrons. The van der Waals surface area contributed by atoms with Crippen molar-refractivity contribution in [1.82, 2.24) is 10.3 Å². The van der Waals surface area contributed by atoms with Crippen molar-refractivity contribution in [3.63, 3.8) is 0 Å². The molecular weight excluding hydrogens is 262 g/mol. The molecule has 0 aromatic carbocycles. The van der Waals surface area contributed by atoms with Gasteiger partial charge in [-0.25, -0.2) is 4.98 Å². The van der Waals surface area contributed by atoms with Crippen LogP contribution in [-0.4, -0.2) is 25.1 Å². The summed E-state index contributed by atoms with van der Waals surface area (Å²) in [6, 6.07) is 4.30. The molecule has 2 heterocycles. The fourth-order valence-corrected chi connectivity index (χ4v) is 3.15. The van der Waals surface area contributed by atoms with Crippen molar-refractivity contribution in [2.45, 2.75) is 19.9 Å². The van der Waals surface area contributed by atoms with E-state index in [0.29, 0.717) is 0 Å². The minimum Gasteiger partial charge on any atom is -0.351 e. The SMILES string of the molecule is CCNCc1csc(N(C)CCc2cccs2)n1. The van der Waals surface area contributed by atoms with Gasteiger partial charge >= 0.3 is 0 Å². The van der Waals surface area contributed by atoms with Crippen LogP contribution >= 0.6 is 22.7 Å². The molecule has 0 amide bonds. The molecule has 18 heavy (non-hydrogen) atoms. The van der Waals surface area contributed by atoms with Crippen LogP contribution in [0, 0.1) is 0 Å². The Kier molecular flexibility index (Phi) is 5.16. The fraction of sp³-hybridized carbons (Fsp3) is 0.462. The minimum atomic E-state index is 0.867. The van der Waals surface area contributed by atoms with Crippen LogP contribution in [0.15, 0.2) is 22.9 Å². The number of thiophene rings is 1. The molecule has 3 nitrogen and oxygen atoms in total. The van der Waals surface area contributed by atoms with Gasteiger partial charge in [-0.05, 0) is 24.4 Å². The normalized spacial score (nSPS) is 10.8. The number of nitrogens with one attached hydrogen (secondary N) is 1. The summed E-state index contributed by atoms with van der Waals surface area (Å²) >= 11 is 3.55. The van der Waals surface area contributed by atoms with E-state index in [-0.39, 0.29) is 0 Å². The molecule has 5 heteroatoms. The minimum absolute atomic E-state index is 0.867. The third-order valence-electron chi connectivity index (χ3n) is 2.70. The van der Waals surface area contributed by atoms with Crippen LogP contribution in [0.3, 0.4) is 0 Å². The van der Waals surface area contributed by atoms with E-state index < -0.39 is 0 Å². The Bertz CT molecular complexity index is 451. The topological polar surface area (TPSA) is 28.2 Å². The first-order valence-electron chi connectivity index (χ1n) is 6.18. The lowest BCUT2D eigenvalue weighted by Crippen LogP contribution is -2.20. The lowest BCUT2D eigenvalue weighted by atomic mass is 10.3. The molecule has 98 valence electrons. The average Bonchev–Trinajstić information content (AvgIpc) is 3.04. The Morgan fingerprint density at radius 1 is 1.39 bits per heavy atom. The molecule has 0 spiro atoms. The van der Waals surface area contributed by atoms with E-state index in [1.165, 1.54) is 4.88 Å². The highest BCUT2D eigenvalue weighted by Crippen LogP contribution is 2.20. The van der Waals surface area contributed by atoms with E-state index in [1.807, 2.05) is 11.3 Å². The first-order valence-corrected chi connectivity index (χ1v) is 7.94. The Morgan fingerprint density at radius 2 is 2.28 bits per heavy atom. The number of anilines is 1. The molecule has 0 saturated heterocycles. The van der Waals surface area contributed by atoms with E-state index in [4.69, 9.17) is 0 Å². The molecule has 0 aliphatic heterocycles. The van der Waals surface area contributed by atoms with E-state index in [9.17, 15) is 0 Å². The predicted molar refractivity (Wildman–Crippen MR) is 80.8 cm³/mol. The lowest BCUT2D eigenvalue weighted by molar-refractivity contribution is 0.713. The standard InChI is InChI=1S/C13H19N3S2/c1-3-14-9-11-10-18-13(15-11)16(2)7-6-12-5-4-8-17-12/h4-5,8,10,14H,3,6-7,9H2,1-2H3. The largest absolute Gasteiger partial charge is 0.351 e. The molecule has 0 unspecified atom stereocenters. The molecular formula is C13H19N3S2. The van der Waals surface area contributed by atoms with Crippen molar-refractivity contribution in [3.8, 4) is 0 Å². The van der Waals surface area contributed by atoms with Crippen LogP contribution in [0.4, 0.5) is 5.13 Å². The highest BCUT2D eigenvalue weighted by Gasteiger charge is 2.07. The van der Waals surface area contributed by atoms with Crippen molar-refractivity contribution in [2.75, 3.05) is 25.0 Å². The second-order valence-electron chi connectivity index (χ2n) is 4.15. The summed E-state index contributed by atoms with van der Waals surface area (Å²) in [5.74, 6) is 0. The summed E-state index contributed by atoms with van der Waals surface area (Å²) in [6.45, 7) is 4.99. The van der Waals surface area contributed by atoms with Crippen molar-refractivity contribution < 1.29 is 0 Å². The monoisotopic (exact) mass is 281 g/mol. The second kappa shape index (κ2) is 6.87. The van der Waals surface area contributed by atoms with Gasteiger partial charge in [0.1, 0.15) is 0 Å². The molecule has 0 saturated carbocycles. The Morgan fingerprint density at radius 3 is 3.00 bits per heavy atom. The lowest BCUT2D eigenvalue weighted by Gasteiger charge is -2.14. The van der Waals surface area contributed by atoms with E-state index >= 15 is 0 Å². The molecule has 0 aliphatic rings. The van der Waals surface area contributed by atoms with Gasteiger partial charge in [0.15, 0.2) is 5.13 Å². The van der Waals surface area contributed by atoms with Gasteiger partial charge in [-0.3, -0.25) is 0 Å². The highest BCUT2D eigenvalue weighted by atomic mass is 32.1. The number of hydrogen-bond donors (Lipinski definition) is 1. The number of nitrogens with zero attached hydrogens (tertiary/aromatic N) is 2. The summed E-state index contributed by atoms with van der Waals surface area (Å²) in [6.07, 6.45) is 1.09. The van der Waals surface area contributed by atoms with Gasteiger partial charge in [-0.15, -0.1) is 22.7 Å². The quantitative estimate of drug-likeness (QED) is 0.845. The van der Waals surface area contributed by atoms with Crippen molar-refractivity contribution in [3.05, 3.63) is 33.5 Å². The third-order valence-corrected chi connectivity index (χ3v) is 4.64. The van der Waals surface area contributed by atoms with Gasteiger partial charge in [0, 0.05) is 30.4 Å². The van der Waals surface area contributed by atoms with Crippen molar-refractivity contribution >= 4 is 27.8 Å². The average molecular weight is 281 g/mol. The number of rotatable bonds is 7. The van der Waals surface area contributed by atoms with Crippen LogP contribution < -0.4 is 10.2 Å². The van der Waals surface area contributed by atoms with Crippen LogP contribution in [0.1, 0.15) is 17.5 Å². The first kappa shape index (κ1) is 13.5. The van der Waals surface area contributed by atoms with Crippen LogP contribution in [0.2, 0.25) is 0 Å². The maximum Gasteiger partial charge on any atom is 0.185 e. The van der Waals surface area contributed by atoms with Crippen LogP contribution in [0.25, 0.3) is 0 Å². The van der Waals surface area contributed by atoms with Gasteiger partial charge in [0.25, 0.3) is 0 Å². The Hall–Kier alpha value is -0.910. The van der Waals surface area contributed by atoms with Crippen LogP contribution in [-0.2, 0) is 13.0 Å². The zero-order valence-electron chi connectivity index (χ0n) is 10.8. The zero-order valence-corrected chi connectivity index (χ0v) is 12.5. The highest BCUT2D eigenvalue weighted by molar-refractivity contribution is 7.13. The maximum atomic E-state index is 4.63. The van der Waals surface area contributed by atoms with E-state index in [0.717, 1.165) is 36.9 Å². The maximum absolute atomic E-state index is 4.63. The number of aromatic nitrogens is 1. The van der Waals surface area contributed by atoms with E-state index in [1.54, 1.807) is 11.3 Å². The van der Waals surface area contributed by atoms with Gasteiger partial charge in [0.2, 0.25) is 0 Å². The van der Waals surface area contributed by atoms with E-state index in [2.05, 4.69) is 52.1 Å². The predicted octanol–water partition coefficient (Wildman–Crippen LogP) is 2.99. The first-order chi connectivity index (χ1) is 8.79. The zero-order chi connectivity index (χ0) is 12.8. The smallest absolute Gasteiger partial charge is 0.185 e. The second-order valence-corrected chi connectivity index (χ2v) is 6.02. The summed E-state index contributed by atoms with van der Waals surface area (Å²) in [5.41, 5.74) is 1.14. The molecule has 0 bridgehead atoms. The molecule has 0 fully saturated rings. The summed E-state index contributed by atoms with van der Waals surface area (Å²) in [7, 11) is 2.11. The van der Waals surface area contributed by atoms with Gasteiger partial charge in [-0.2, -0.15) is 0 Å². The molecule has 2 aromatic rings. The summed E-state index contributed by atoms with van der Waals surface area (Å²) in [4.78, 5) is 8.31. The number of likely N-dealkylation sites (N-methyl/N-ethyl adjacent to an activating group) is 1. The van der Waals surface area contributed by atoms with Crippen LogP contribution in [0.5, 0.6) is 0 Å². The molecule has 0 atom stereocenters. The third kappa shape index (κ3) is 3.80. The Labute approximate surface area is 116 Å². The number of hydrogen-bond acceptors (Lipinski definition) is 5. The van der Waals surface area contributed by atoms with Crippen molar-refractivity contribution in [2.24, 2.45) is 0 Å². The molecule has 2 aromatic heterocycles. The van der Waals surface area contributed by atoms with Gasteiger partial charge in [0.05, 0.1) is 5.69 Å². The fourth-order valence-electron chi connectivity index (χ4n) is 1.63. The van der Waals surface area contributed by atoms with Gasteiger partial charge < -0.3 is 10.2 Å². The molecule has 2 rings (SSSR count). The summed E-state index contributed by atoms with van der Waals surface area (Å²) in [5, 5.41) is 8.68. The number of thiazole rings is 1. The Balaban J connectivity index is 1.84. The molecule has 1 N–H and O–H groups in total. The summed E-state index contributed by atoms with van der Waals surface area (Å²) < 4.78 is 0. The van der Waals surface area contributed by atoms with Crippen molar-refractivity contribution in [1.29, 1.82) is 0 Å². The molecule has 0 aliphatic carbocycles.